The summed E-state index contributed by atoms with van der Waals surface area (Å²) in [5.74, 6) is 0. The maximum Gasteiger partial charge on any atom is 0.325 e. The Balaban J connectivity index is 2.99. The third-order valence-electron chi connectivity index (χ3n) is 1.75. The quantitative estimate of drug-likeness (QED) is 0.434. The molecule has 0 aliphatic heterocycles. The fourth-order valence-electron chi connectivity index (χ4n) is 0.983. The van der Waals surface area contributed by atoms with Crippen molar-refractivity contribution >= 4 is 10.0 Å². The molecule has 9 heteroatoms. The monoisotopic (exact) mass is 248 g/mol. The number of hydrogen-bond donors (Lipinski definition) is 4. The van der Waals surface area contributed by atoms with Gasteiger partial charge in [-0.25, -0.2) is 17.9 Å². The van der Waals surface area contributed by atoms with Crippen LogP contribution < -0.4 is 21.7 Å². The summed E-state index contributed by atoms with van der Waals surface area (Å²) in [4.78, 5) is 25.3. The minimum Gasteiger partial charge on any atom is -0.330 e. The predicted molar refractivity (Wildman–Crippen MR) is 56.5 cm³/mol. The highest BCUT2D eigenvalue weighted by molar-refractivity contribution is 7.89. The predicted octanol–water partition coefficient (Wildman–Crippen LogP) is -2.31. The molecule has 0 aromatic carbocycles. The van der Waals surface area contributed by atoms with Gasteiger partial charge in [0.25, 0.3) is 5.56 Å². The van der Waals surface area contributed by atoms with E-state index in [0.29, 0.717) is 13.0 Å². The van der Waals surface area contributed by atoms with E-state index in [1.165, 1.54) is 0 Å². The first-order chi connectivity index (χ1) is 7.47. The Morgan fingerprint density at radius 1 is 1.38 bits per heavy atom. The molecule has 0 fully saturated rings. The summed E-state index contributed by atoms with van der Waals surface area (Å²) in [6.45, 7) is 0.474. The molecule has 0 radical (unpaired) electrons. The number of hydrogen-bond acceptors (Lipinski definition) is 5. The highest BCUT2D eigenvalue weighted by Crippen LogP contribution is 1.97. The van der Waals surface area contributed by atoms with Crippen molar-refractivity contribution in [2.75, 3.05) is 13.1 Å². The summed E-state index contributed by atoms with van der Waals surface area (Å²) < 4.78 is 25.3. The Hall–Kier alpha value is -1.45. The molecule has 1 aromatic heterocycles. The summed E-state index contributed by atoms with van der Waals surface area (Å²) >= 11 is 0. The normalized spacial score (nSPS) is 11.6. The number of aromatic nitrogens is 2. The molecule has 8 nitrogen and oxygen atoms in total. The van der Waals surface area contributed by atoms with Crippen LogP contribution in [0.3, 0.4) is 0 Å². The van der Waals surface area contributed by atoms with E-state index >= 15 is 0 Å². The van der Waals surface area contributed by atoms with Gasteiger partial charge in [-0.15, -0.1) is 0 Å². The molecule has 1 heterocycles. The molecule has 0 atom stereocenters. The zero-order chi connectivity index (χ0) is 12.2. The topological polar surface area (TPSA) is 138 Å². The number of aromatic amines is 2. The maximum atomic E-state index is 11.5. The zero-order valence-electron chi connectivity index (χ0n) is 8.32. The van der Waals surface area contributed by atoms with Crippen LogP contribution in [0.1, 0.15) is 6.42 Å². The lowest BCUT2D eigenvalue weighted by atomic mass is 10.4. The Bertz CT molecular complexity index is 558. The second-order valence-corrected chi connectivity index (χ2v) is 4.71. The Morgan fingerprint density at radius 2 is 2.06 bits per heavy atom. The van der Waals surface area contributed by atoms with Gasteiger partial charge in [0.2, 0.25) is 10.0 Å². The van der Waals surface area contributed by atoms with Crippen molar-refractivity contribution in [3.63, 3.8) is 0 Å². The van der Waals surface area contributed by atoms with E-state index in [9.17, 15) is 18.0 Å². The highest BCUT2D eigenvalue weighted by Gasteiger charge is 2.17. The average molecular weight is 248 g/mol. The van der Waals surface area contributed by atoms with Crippen molar-refractivity contribution in [1.82, 2.24) is 14.7 Å². The standard InChI is InChI=1S/C7H12N4O4S/c8-2-1-3-10-16(14,15)5-4-9-7(13)11-6(5)12/h4,10H,1-3,8H2,(H2,9,11,12,13). The van der Waals surface area contributed by atoms with Crippen molar-refractivity contribution < 1.29 is 8.42 Å². The van der Waals surface area contributed by atoms with Crippen LogP contribution in [-0.4, -0.2) is 31.5 Å². The molecule has 0 aliphatic rings. The molecule has 1 aromatic rings. The number of nitrogens with one attached hydrogen (secondary N) is 3. The van der Waals surface area contributed by atoms with Crippen LogP contribution in [0.25, 0.3) is 0 Å². The number of rotatable bonds is 5. The van der Waals surface area contributed by atoms with Gasteiger partial charge < -0.3 is 10.7 Å². The van der Waals surface area contributed by atoms with Crippen molar-refractivity contribution in [2.24, 2.45) is 5.73 Å². The first-order valence-electron chi connectivity index (χ1n) is 4.49. The van der Waals surface area contributed by atoms with Crippen molar-refractivity contribution in [2.45, 2.75) is 11.3 Å². The smallest absolute Gasteiger partial charge is 0.325 e. The molecular weight excluding hydrogens is 236 g/mol. The van der Waals surface area contributed by atoms with Crippen LogP contribution in [0.5, 0.6) is 0 Å². The van der Waals surface area contributed by atoms with E-state index in [1.54, 1.807) is 0 Å². The molecule has 5 N–H and O–H groups in total. The fraction of sp³-hybridized carbons (Fsp3) is 0.429. The third kappa shape index (κ3) is 3.02. The van der Waals surface area contributed by atoms with Crippen molar-refractivity contribution in [3.8, 4) is 0 Å². The van der Waals surface area contributed by atoms with Gasteiger partial charge in [0.15, 0.2) is 4.90 Å². The molecule has 1 rings (SSSR count). The molecule has 0 unspecified atom stereocenters. The molecule has 0 saturated heterocycles. The summed E-state index contributed by atoms with van der Waals surface area (Å²) in [7, 11) is -3.90. The van der Waals surface area contributed by atoms with Gasteiger partial charge in [0.1, 0.15) is 0 Å². The number of H-pyrrole nitrogens is 2. The van der Waals surface area contributed by atoms with E-state index in [1.807, 2.05) is 4.98 Å². The minimum absolute atomic E-state index is 0.136. The van der Waals surface area contributed by atoms with E-state index in [2.05, 4.69) is 9.71 Å². The molecule has 0 saturated carbocycles. The second kappa shape index (κ2) is 5.05. The lowest BCUT2D eigenvalue weighted by molar-refractivity contribution is 0.577. The summed E-state index contributed by atoms with van der Waals surface area (Å²) in [5, 5.41) is 0. The first kappa shape index (κ1) is 12.6. The fourth-order valence-corrected chi connectivity index (χ4v) is 2.06. The van der Waals surface area contributed by atoms with E-state index in [0.717, 1.165) is 6.20 Å². The molecule has 0 aliphatic carbocycles. The van der Waals surface area contributed by atoms with Crippen LogP contribution in [0.2, 0.25) is 0 Å². The average Bonchev–Trinajstić information content (AvgIpc) is 2.17. The molecular formula is C7H12N4O4S. The summed E-state index contributed by atoms with van der Waals surface area (Å²) in [6, 6.07) is 0. The van der Waals surface area contributed by atoms with Gasteiger partial charge in [-0.1, -0.05) is 0 Å². The number of nitrogens with two attached hydrogens (primary N) is 1. The van der Waals surface area contributed by atoms with Crippen LogP contribution in [0.15, 0.2) is 20.7 Å². The molecule has 0 spiro atoms. The molecule has 0 amide bonds. The maximum absolute atomic E-state index is 11.5. The van der Waals surface area contributed by atoms with Crippen molar-refractivity contribution in [1.29, 1.82) is 0 Å². The van der Waals surface area contributed by atoms with E-state index in [-0.39, 0.29) is 6.54 Å². The van der Waals surface area contributed by atoms with Crippen LogP contribution >= 0.6 is 0 Å². The first-order valence-corrected chi connectivity index (χ1v) is 5.97. The van der Waals surface area contributed by atoms with Gasteiger partial charge in [0, 0.05) is 12.7 Å². The van der Waals surface area contributed by atoms with Gasteiger partial charge in [-0.2, -0.15) is 0 Å². The van der Waals surface area contributed by atoms with Gasteiger partial charge in [-0.05, 0) is 13.0 Å². The van der Waals surface area contributed by atoms with Crippen LogP contribution in [0.4, 0.5) is 0 Å². The van der Waals surface area contributed by atoms with Gasteiger partial charge in [0.05, 0.1) is 0 Å². The molecule has 0 bridgehead atoms. The summed E-state index contributed by atoms with van der Waals surface area (Å²) in [6.07, 6.45) is 1.31. The second-order valence-electron chi connectivity index (χ2n) is 2.98. The van der Waals surface area contributed by atoms with E-state index < -0.39 is 26.2 Å². The molecule has 16 heavy (non-hydrogen) atoms. The third-order valence-corrected chi connectivity index (χ3v) is 3.21. The Labute approximate surface area is 90.9 Å². The lowest BCUT2D eigenvalue weighted by Gasteiger charge is -2.03. The van der Waals surface area contributed by atoms with Crippen LogP contribution in [0, 0.1) is 0 Å². The number of sulfonamides is 1. The molecule has 90 valence electrons. The minimum atomic E-state index is -3.90. The van der Waals surface area contributed by atoms with Gasteiger partial charge >= 0.3 is 5.69 Å². The largest absolute Gasteiger partial charge is 0.330 e. The van der Waals surface area contributed by atoms with Crippen molar-refractivity contribution in [3.05, 3.63) is 27.0 Å². The Kier molecular flexibility index (Phi) is 3.99. The summed E-state index contributed by atoms with van der Waals surface area (Å²) in [5.41, 5.74) is 3.48. The van der Waals surface area contributed by atoms with Crippen LogP contribution in [-0.2, 0) is 10.0 Å². The lowest BCUT2D eigenvalue weighted by Crippen LogP contribution is -2.33. The SMILES string of the molecule is NCCCNS(=O)(=O)c1c[nH]c(=O)[nH]c1=O. The highest BCUT2D eigenvalue weighted by atomic mass is 32.2. The zero-order valence-corrected chi connectivity index (χ0v) is 9.13. The van der Waals surface area contributed by atoms with Gasteiger partial charge in [-0.3, -0.25) is 9.78 Å². The van der Waals surface area contributed by atoms with E-state index in [4.69, 9.17) is 5.73 Å². The Morgan fingerprint density at radius 3 is 2.62 bits per heavy atom.